The first-order chi connectivity index (χ1) is 11.2. The van der Waals surface area contributed by atoms with Gasteiger partial charge in [0.15, 0.2) is 5.78 Å². The number of benzene rings is 2. The molecule has 0 N–H and O–H groups in total. The molecule has 1 nitrogen and oxygen atoms in total. The molecule has 0 spiro atoms. The van der Waals surface area contributed by atoms with Crippen LogP contribution in [0, 0.1) is 18.3 Å². The van der Waals surface area contributed by atoms with Gasteiger partial charge < -0.3 is 0 Å². The van der Waals surface area contributed by atoms with Crippen LogP contribution in [-0.4, -0.2) is 5.78 Å². The van der Waals surface area contributed by atoms with Crippen molar-refractivity contribution in [3.63, 3.8) is 0 Å². The largest absolute Gasteiger partial charge is 0.294 e. The standard InChI is InChI=1S/C23H30O/c1-16(2)17(3)21-14-10-13-20(18(21)4)15-23(5,6)22(24)19-11-8-7-9-12-19/h7-14,16-17H,15H2,1-6H3. The zero-order chi connectivity index (χ0) is 17.9. The minimum absolute atomic E-state index is 0.213. The van der Waals surface area contributed by atoms with Crippen molar-refractivity contribution >= 4 is 5.78 Å². The minimum atomic E-state index is -0.411. The molecule has 0 saturated carbocycles. The lowest BCUT2D eigenvalue weighted by molar-refractivity contribution is 0.0837. The summed E-state index contributed by atoms with van der Waals surface area (Å²) in [7, 11) is 0. The van der Waals surface area contributed by atoms with E-state index in [0.29, 0.717) is 11.8 Å². The van der Waals surface area contributed by atoms with E-state index in [4.69, 9.17) is 0 Å². The second-order valence-corrected chi connectivity index (χ2v) is 7.92. The highest BCUT2D eigenvalue weighted by atomic mass is 16.1. The molecular formula is C23H30O. The Morgan fingerprint density at radius 3 is 2.17 bits per heavy atom. The molecule has 24 heavy (non-hydrogen) atoms. The van der Waals surface area contributed by atoms with Crippen molar-refractivity contribution in [2.75, 3.05) is 0 Å². The van der Waals surface area contributed by atoms with Gasteiger partial charge in [0.2, 0.25) is 0 Å². The third-order valence-corrected chi connectivity index (χ3v) is 5.26. The van der Waals surface area contributed by atoms with Gasteiger partial charge in [0.05, 0.1) is 0 Å². The van der Waals surface area contributed by atoms with Crippen LogP contribution in [0.2, 0.25) is 0 Å². The van der Waals surface area contributed by atoms with Gasteiger partial charge in [-0.25, -0.2) is 0 Å². The summed E-state index contributed by atoms with van der Waals surface area (Å²) in [4.78, 5) is 12.9. The normalized spacial score (nSPS) is 13.1. The highest BCUT2D eigenvalue weighted by Crippen LogP contribution is 2.32. The zero-order valence-corrected chi connectivity index (χ0v) is 15.9. The molecule has 1 atom stereocenters. The van der Waals surface area contributed by atoms with Crippen LogP contribution in [-0.2, 0) is 6.42 Å². The average Bonchev–Trinajstić information content (AvgIpc) is 2.56. The summed E-state index contributed by atoms with van der Waals surface area (Å²) in [5.41, 5.74) is 4.42. The Hall–Kier alpha value is -1.89. The summed E-state index contributed by atoms with van der Waals surface area (Å²) in [6.07, 6.45) is 0.769. The van der Waals surface area contributed by atoms with Crippen molar-refractivity contribution in [1.82, 2.24) is 0 Å². The van der Waals surface area contributed by atoms with Crippen molar-refractivity contribution < 1.29 is 4.79 Å². The number of hydrogen-bond donors (Lipinski definition) is 0. The van der Waals surface area contributed by atoms with E-state index >= 15 is 0 Å². The van der Waals surface area contributed by atoms with Gasteiger partial charge in [0, 0.05) is 11.0 Å². The topological polar surface area (TPSA) is 17.1 Å². The monoisotopic (exact) mass is 322 g/mol. The molecule has 0 saturated heterocycles. The van der Waals surface area contributed by atoms with Gasteiger partial charge in [-0.1, -0.05) is 83.1 Å². The fourth-order valence-corrected chi connectivity index (χ4v) is 3.28. The summed E-state index contributed by atoms with van der Waals surface area (Å²) in [5.74, 6) is 1.35. The first kappa shape index (κ1) is 18.4. The summed E-state index contributed by atoms with van der Waals surface area (Å²) in [6, 6.07) is 16.2. The summed E-state index contributed by atoms with van der Waals surface area (Å²) in [5, 5.41) is 0. The number of carbonyl (C=O) groups excluding carboxylic acids is 1. The number of Topliss-reactive ketones (excluding diaryl/α,β-unsaturated/α-hetero) is 1. The molecule has 0 aliphatic heterocycles. The second-order valence-electron chi connectivity index (χ2n) is 7.92. The Bertz CT molecular complexity index is 695. The highest BCUT2D eigenvalue weighted by Gasteiger charge is 2.29. The first-order valence-electron chi connectivity index (χ1n) is 8.92. The van der Waals surface area contributed by atoms with E-state index in [2.05, 4.69) is 59.7 Å². The molecule has 0 amide bonds. The average molecular weight is 322 g/mol. The van der Waals surface area contributed by atoms with Crippen LogP contribution >= 0.6 is 0 Å². The van der Waals surface area contributed by atoms with Crippen LogP contribution in [0.1, 0.15) is 67.6 Å². The van der Waals surface area contributed by atoms with Crippen LogP contribution in [0.5, 0.6) is 0 Å². The SMILES string of the molecule is Cc1c(CC(C)(C)C(=O)c2ccccc2)cccc1C(C)C(C)C. The molecule has 2 rings (SSSR count). The molecule has 0 fully saturated rings. The Morgan fingerprint density at radius 1 is 0.958 bits per heavy atom. The van der Waals surface area contributed by atoms with Crippen molar-refractivity contribution in [3.05, 3.63) is 70.8 Å². The van der Waals surface area contributed by atoms with Crippen LogP contribution < -0.4 is 0 Å². The zero-order valence-electron chi connectivity index (χ0n) is 15.9. The van der Waals surface area contributed by atoms with E-state index < -0.39 is 5.41 Å². The lowest BCUT2D eigenvalue weighted by atomic mass is 9.76. The number of carbonyl (C=O) groups is 1. The van der Waals surface area contributed by atoms with Crippen molar-refractivity contribution in [2.24, 2.45) is 11.3 Å². The van der Waals surface area contributed by atoms with Crippen LogP contribution in [0.15, 0.2) is 48.5 Å². The Kier molecular flexibility index (Phi) is 5.64. The summed E-state index contributed by atoms with van der Waals surface area (Å²) in [6.45, 7) is 13.1. The van der Waals surface area contributed by atoms with Gasteiger partial charge in [0.25, 0.3) is 0 Å². The smallest absolute Gasteiger partial charge is 0.168 e. The van der Waals surface area contributed by atoms with E-state index in [-0.39, 0.29) is 5.78 Å². The first-order valence-corrected chi connectivity index (χ1v) is 8.92. The molecule has 0 radical (unpaired) electrons. The van der Waals surface area contributed by atoms with Crippen molar-refractivity contribution in [1.29, 1.82) is 0 Å². The van der Waals surface area contributed by atoms with Crippen LogP contribution in [0.4, 0.5) is 0 Å². The molecule has 1 heteroatoms. The fraction of sp³-hybridized carbons (Fsp3) is 0.435. The van der Waals surface area contributed by atoms with Gasteiger partial charge in [0.1, 0.15) is 0 Å². The molecule has 0 aromatic heterocycles. The number of ketones is 1. The predicted octanol–water partition coefficient (Wildman–Crippen LogP) is 6.21. The third kappa shape index (κ3) is 3.95. The van der Waals surface area contributed by atoms with E-state index in [9.17, 15) is 4.79 Å². The highest BCUT2D eigenvalue weighted by molar-refractivity contribution is 6.00. The Labute approximate surface area is 147 Å². The van der Waals surface area contributed by atoms with Crippen LogP contribution in [0.3, 0.4) is 0 Å². The lowest BCUT2D eigenvalue weighted by Gasteiger charge is -2.26. The van der Waals surface area contributed by atoms with Gasteiger partial charge in [-0.15, -0.1) is 0 Å². The predicted molar refractivity (Wildman–Crippen MR) is 103 cm³/mol. The maximum atomic E-state index is 12.9. The molecule has 1 unspecified atom stereocenters. The maximum Gasteiger partial charge on any atom is 0.168 e. The summed E-state index contributed by atoms with van der Waals surface area (Å²) < 4.78 is 0. The fourth-order valence-electron chi connectivity index (χ4n) is 3.28. The van der Waals surface area contributed by atoms with E-state index in [0.717, 1.165) is 12.0 Å². The van der Waals surface area contributed by atoms with Crippen LogP contribution in [0.25, 0.3) is 0 Å². The van der Waals surface area contributed by atoms with E-state index in [1.807, 2.05) is 30.3 Å². The van der Waals surface area contributed by atoms with E-state index in [1.54, 1.807) is 0 Å². The minimum Gasteiger partial charge on any atom is -0.294 e. The second kappa shape index (κ2) is 7.34. The molecule has 0 aliphatic rings. The number of rotatable bonds is 6. The van der Waals surface area contributed by atoms with Crippen molar-refractivity contribution in [2.45, 2.75) is 53.9 Å². The molecule has 128 valence electrons. The molecule has 2 aromatic rings. The van der Waals surface area contributed by atoms with Gasteiger partial charge in [-0.2, -0.15) is 0 Å². The quantitative estimate of drug-likeness (QED) is 0.578. The van der Waals surface area contributed by atoms with Gasteiger partial charge >= 0.3 is 0 Å². The maximum absolute atomic E-state index is 12.9. The van der Waals surface area contributed by atoms with E-state index in [1.165, 1.54) is 16.7 Å². The van der Waals surface area contributed by atoms with Crippen molar-refractivity contribution in [3.8, 4) is 0 Å². The molecule has 0 aliphatic carbocycles. The molecular weight excluding hydrogens is 292 g/mol. The summed E-state index contributed by atoms with van der Waals surface area (Å²) >= 11 is 0. The Balaban J connectivity index is 2.30. The molecule has 0 bridgehead atoms. The molecule has 0 heterocycles. The van der Waals surface area contributed by atoms with Gasteiger partial charge in [-0.05, 0) is 41.9 Å². The molecule has 2 aromatic carbocycles. The lowest BCUT2D eigenvalue weighted by Crippen LogP contribution is -2.27. The number of hydrogen-bond acceptors (Lipinski definition) is 1. The third-order valence-electron chi connectivity index (χ3n) is 5.26. The Morgan fingerprint density at radius 2 is 1.58 bits per heavy atom. The van der Waals surface area contributed by atoms with Gasteiger partial charge in [-0.3, -0.25) is 4.79 Å².